The lowest BCUT2D eigenvalue weighted by atomic mass is 10.2. The molecule has 0 radical (unpaired) electrons. The predicted octanol–water partition coefficient (Wildman–Crippen LogP) is 4.79. The maximum absolute atomic E-state index is 11.1. The van der Waals surface area contributed by atoms with Crippen LogP contribution in [0.15, 0.2) is 66.7 Å². The fourth-order valence-electron chi connectivity index (χ4n) is 2.92. The Bertz CT molecular complexity index is 1150. The van der Waals surface area contributed by atoms with E-state index in [2.05, 4.69) is 9.97 Å². The molecular formula is C22H19N3O3. The molecule has 0 aliphatic rings. The number of hydrogen-bond donors (Lipinski definition) is 2. The molecular weight excluding hydrogens is 354 g/mol. The molecule has 4 rings (SSSR count). The molecule has 28 heavy (non-hydrogen) atoms. The number of nitrogens with one attached hydrogen (secondary N) is 1. The largest absolute Gasteiger partial charge is 0.478 e. The van der Waals surface area contributed by atoms with Gasteiger partial charge in [-0.25, -0.2) is 9.78 Å². The molecule has 0 saturated carbocycles. The molecule has 1 aromatic heterocycles. The summed E-state index contributed by atoms with van der Waals surface area (Å²) in [4.78, 5) is 20.9. The number of nitrogens with zero attached hydrogens (tertiary/aromatic N) is 2. The highest BCUT2D eigenvalue weighted by Crippen LogP contribution is 2.28. The number of rotatable bonds is 5. The zero-order chi connectivity index (χ0) is 19.7. The summed E-state index contributed by atoms with van der Waals surface area (Å²) in [5.74, 6) is 1.21. The highest BCUT2D eigenvalue weighted by Gasteiger charge is 2.09. The number of aromatic nitrogens is 2. The summed E-state index contributed by atoms with van der Waals surface area (Å²) in [6.45, 7) is 0. The van der Waals surface area contributed by atoms with Gasteiger partial charge in [0.2, 0.25) is 0 Å². The number of carboxylic acids is 1. The van der Waals surface area contributed by atoms with Crippen LogP contribution in [0, 0.1) is 0 Å². The number of anilines is 1. The highest BCUT2D eigenvalue weighted by molar-refractivity contribution is 5.93. The Balaban J connectivity index is 1.57. The zero-order valence-corrected chi connectivity index (χ0v) is 15.5. The molecule has 1 heterocycles. The maximum atomic E-state index is 11.1. The van der Waals surface area contributed by atoms with E-state index < -0.39 is 5.97 Å². The molecule has 4 aromatic rings. The van der Waals surface area contributed by atoms with Crippen LogP contribution in [0.2, 0.25) is 0 Å². The Hall–Kier alpha value is -3.80. The number of benzene rings is 3. The Morgan fingerprint density at radius 1 is 1.00 bits per heavy atom. The number of fused-ring (bicyclic) bond motifs is 1. The third-order valence-electron chi connectivity index (χ3n) is 4.43. The number of ether oxygens (including phenoxy) is 1. The van der Waals surface area contributed by atoms with Crippen molar-refractivity contribution >= 4 is 22.7 Å². The second-order valence-electron chi connectivity index (χ2n) is 6.64. The van der Waals surface area contributed by atoms with E-state index in [1.807, 2.05) is 67.5 Å². The van der Waals surface area contributed by atoms with Crippen LogP contribution in [-0.2, 0) is 0 Å². The van der Waals surface area contributed by atoms with E-state index in [0.29, 0.717) is 11.3 Å². The van der Waals surface area contributed by atoms with Crippen molar-refractivity contribution in [3.63, 3.8) is 0 Å². The van der Waals surface area contributed by atoms with E-state index >= 15 is 0 Å². The van der Waals surface area contributed by atoms with E-state index in [9.17, 15) is 4.79 Å². The van der Waals surface area contributed by atoms with E-state index in [1.165, 1.54) is 0 Å². The quantitative estimate of drug-likeness (QED) is 0.526. The van der Waals surface area contributed by atoms with Gasteiger partial charge in [0, 0.05) is 31.4 Å². The predicted molar refractivity (Wildman–Crippen MR) is 109 cm³/mol. The Morgan fingerprint density at radius 2 is 1.79 bits per heavy atom. The lowest BCUT2D eigenvalue weighted by molar-refractivity contribution is 0.0697. The second-order valence-corrected chi connectivity index (χ2v) is 6.64. The third-order valence-corrected chi connectivity index (χ3v) is 4.43. The summed E-state index contributed by atoms with van der Waals surface area (Å²) in [6, 6.07) is 20.3. The molecule has 0 spiro atoms. The monoisotopic (exact) mass is 373 g/mol. The summed E-state index contributed by atoms with van der Waals surface area (Å²) in [7, 11) is 3.97. The lowest BCUT2D eigenvalue weighted by Gasteiger charge is -2.14. The SMILES string of the molecule is CN(C)c1cccc(Oc2ccc(-c3nc4cc(C(=O)O)ccc4[nH]3)cc2)c1. The van der Waals surface area contributed by atoms with Gasteiger partial charge in [0.05, 0.1) is 16.6 Å². The van der Waals surface area contributed by atoms with Crippen molar-refractivity contribution in [2.24, 2.45) is 0 Å². The third kappa shape index (κ3) is 3.53. The molecule has 0 aliphatic carbocycles. The van der Waals surface area contributed by atoms with Crippen LogP contribution in [0.25, 0.3) is 22.4 Å². The Kier molecular flexibility index (Phi) is 4.45. The zero-order valence-electron chi connectivity index (χ0n) is 15.5. The maximum Gasteiger partial charge on any atom is 0.335 e. The molecule has 0 bridgehead atoms. The summed E-state index contributed by atoms with van der Waals surface area (Å²) < 4.78 is 5.94. The first-order chi connectivity index (χ1) is 13.5. The van der Waals surface area contributed by atoms with Gasteiger partial charge < -0.3 is 19.7 Å². The number of carbonyl (C=O) groups is 1. The second kappa shape index (κ2) is 7.08. The number of aromatic carboxylic acids is 1. The molecule has 6 heteroatoms. The molecule has 0 unspecified atom stereocenters. The van der Waals surface area contributed by atoms with Crippen LogP contribution in [0.4, 0.5) is 5.69 Å². The van der Waals surface area contributed by atoms with Crippen molar-refractivity contribution in [2.75, 3.05) is 19.0 Å². The minimum absolute atomic E-state index is 0.217. The normalized spacial score (nSPS) is 10.8. The molecule has 6 nitrogen and oxygen atoms in total. The number of H-pyrrole nitrogens is 1. The summed E-state index contributed by atoms with van der Waals surface area (Å²) in [5.41, 5.74) is 3.59. The van der Waals surface area contributed by atoms with Crippen molar-refractivity contribution in [1.29, 1.82) is 0 Å². The average molecular weight is 373 g/mol. The molecule has 0 saturated heterocycles. The van der Waals surface area contributed by atoms with Crippen LogP contribution in [0.3, 0.4) is 0 Å². The van der Waals surface area contributed by atoms with Crippen molar-refractivity contribution in [2.45, 2.75) is 0 Å². The first-order valence-corrected chi connectivity index (χ1v) is 8.78. The van der Waals surface area contributed by atoms with Gasteiger partial charge in [0.15, 0.2) is 0 Å². The minimum atomic E-state index is -0.966. The minimum Gasteiger partial charge on any atom is -0.478 e. The molecule has 0 aliphatic heterocycles. The van der Waals surface area contributed by atoms with Crippen LogP contribution >= 0.6 is 0 Å². The Morgan fingerprint density at radius 3 is 2.50 bits per heavy atom. The topological polar surface area (TPSA) is 78.4 Å². The summed E-state index contributed by atoms with van der Waals surface area (Å²) in [5, 5.41) is 9.11. The van der Waals surface area contributed by atoms with E-state index in [-0.39, 0.29) is 5.56 Å². The van der Waals surface area contributed by atoms with Crippen LogP contribution in [0.1, 0.15) is 10.4 Å². The van der Waals surface area contributed by atoms with E-state index in [1.54, 1.807) is 18.2 Å². The first kappa shape index (κ1) is 17.6. The molecule has 0 atom stereocenters. The number of aromatic amines is 1. The van der Waals surface area contributed by atoms with Gasteiger partial charge >= 0.3 is 5.97 Å². The molecule has 3 aromatic carbocycles. The van der Waals surface area contributed by atoms with Crippen molar-refractivity contribution < 1.29 is 14.6 Å². The molecule has 2 N–H and O–H groups in total. The van der Waals surface area contributed by atoms with Crippen molar-refractivity contribution in [3.05, 3.63) is 72.3 Å². The average Bonchev–Trinajstić information content (AvgIpc) is 3.12. The molecule has 140 valence electrons. The lowest BCUT2D eigenvalue weighted by Crippen LogP contribution is -2.08. The standard InChI is InChI=1S/C22H19N3O3/c1-25(2)16-4-3-5-18(13-16)28-17-9-6-14(7-10-17)21-23-19-11-8-15(22(26)27)12-20(19)24-21/h3-13H,1-2H3,(H,23,24)(H,26,27). The highest BCUT2D eigenvalue weighted by atomic mass is 16.5. The van der Waals surface area contributed by atoms with Gasteiger partial charge in [-0.3, -0.25) is 0 Å². The van der Waals surface area contributed by atoms with Gasteiger partial charge in [-0.1, -0.05) is 6.07 Å². The molecule has 0 amide bonds. The summed E-state index contributed by atoms with van der Waals surface area (Å²) >= 11 is 0. The fraction of sp³-hybridized carbons (Fsp3) is 0.0909. The van der Waals surface area contributed by atoms with Crippen molar-refractivity contribution in [1.82, 2.24) is 9.97 Å². The number of imidazole rings is 1. The number of carboxylic acid groups (broad SMARTS) is 1. The smallest absolute Gasteiger partial charge is 0.335 e. The van der Waals surface area contributed by atoms with Gasteiger partial charge in [-0.05, 0) is 54.6 Å². The van der Waals surface area contributed by atoms with Crippen LogP contribution < -0.4 is 9.64 Å². The van der Waals surface area contributed by atoms with Crippen LogP contribution in [0.5, 0.6) is 11.5 Å². The van der Waals surface area contributed by atoms with Gasteiger partial charge in [0.1, 0.15) is 17.3 Å². The fourth-order valence-corrected chi connectivity index (χ4v) is 2.92. The number of hydrogen-bond acceptors (Lipinski definition) is 4. The van der Waals surface area contributed by atoms with E-state index in [0.717, 1.165) is 28.3 Å². The van der Waals surface area contributed by atoms with Gasteiger partial charge in [-0.15, -0.1) is 0 Å². The van der Waals surface area contributed by atoms with Crippen molar-refractivity contribution in [3.8, 4) is 22.9 Å². The first-order valence-electron chi connectivity index (χ1n) is 8.78. The molecule has 0 fully saturated rings. The van der Waals surface area contributed by atoms with E-state index in [4.69, 9.17) is 9.84 Å². The Labute approximate surface area is 162 Å². The van der Waals surface area contributed by atoms with Gasteiger partial charge in [0.25, 0.3) is 0 Å². The van der Waals surface area contributed by atoms with Gasteiger partial charge in [-0.2, -0.15) is 0 Å². The summed E-state index contributed by atoms with van der Waals surface area (Å²) in [6.07, 6.45) is 0. The van der Waals surface area contributed by atoms with Crippen LogP contribution in [-0.4, -0.2) is 35.1 Å².